The zero-order valence-corrected chi connectivity index (χ0v) is 19.0. The maximum Gasteiger partial charge on any atom is 0.296 e. The van der Waals surface area contributed by atoms with Gasteiger partial charge < -0.3 is 10.2 Å². The van der Waals surface area contributed by atoms with E-state index in [2.05, 4.69) is 20.1 Å². The summed E-state index contributed by atoms with van der Waals surface area (Å²) in [7, 11) is 0. The minimum Gasteiger partial charge on any atom is -0.354 e. The van der Waals surface area contributed by atoms with E-state index in [4.69, 9.17) is 6.57 Å². The van der Waals surface area contributed by atoms with Crippen molar-refractivity contribution in [3.8, 4) is 17.1 Å². The molecule has 9 heteroatoms. The molecule has 0 spiro atoms. The van der Waals surface area contributed by atoms with Crippen molar-refractivity contribution in [2.75, 3.05) is 31.1 Å². The van der Waals surface area contributed by atoms with Crippen molar-refractivity contribution in [2.24, 2.45) is 11.8 Å². The number of fused-ring (bicyclic) bond motifs is 1. The highest BCUT2D eigenvalue weighted by Crippen LogP contribution is 2.39. The number of hydrogen-bond donors (Lipinski definition) is 1. The summed E-state index contributed by atoms with van der Waals surface area (Å²) in [5, 5.41) is 3.38. The molecule has 0 amide bonds. The van der Waals surface area contributed by atoms with E-state index in [1.54, 1.807) is 12.3 Å². The minimum atomic E-state index is -0.928. The molecule has 2 atom stereocenters. The van der Waals surface area contributed by atoms with Gasteiger partial charge >= 0.3 is 0 Å². The van der Waals surface area contributed by atoms with E-state index in [0.717, 1.165) is 42.6 Å². The Kier molecular flexibility index (Phi) is 5.33. The largest absolute Gasteiger partial charge is 0.354 e. The molecule has 3 fully saturated rings. The molecule has 2 unspecified atom stereocenters. The second kappa shape index (κ2) is 8.54. The zero-order chi connectivity index (χ0) is 24.1. The maximum absolute atomic E-state index is 15.6. The van der Waals surface area contributed by atoms with Crippen molar-refractivity contribution in [1.29, 1.82) is 0 Å². The zero-order valence-electron chi connectivity index (χ0n) is 19.0. The van der Waals surface area contributed by atoms with Crippen LogP contribution in [0, 0.1) is 30.0 Å². The van der Waals surface area contributed by atoms with Crippen LogP contribution in [-0.4, -0.2) is 40.7 Å². The van der Waals surface area contributed by atoms with E-state index in [9.17, 15) is 9.18 Å². The molecule has 0 bridgehead atoms. The number of anilines is 1. The van der Waals surface area contributed by atoms with Crippen LogP contribution in [0.5, 0.6) is 0 Å². The van der Waals surface area contributed by atoms with Gasteiger partial charge in [0.25, 0.3) is 5.56 Å². The lowest BCUT2D eigenvalue weighted by Crippen LogP contribution is -2.42. The Morgan fingerprint density at radius 2 is 1.91 bits per heavy atom. The van der Waals surface area contributed by atoms with Gasteiger partial charge in [-0.25, -0.2) is 14.2 Å². The number of hydrogen-bond acceptors (Lipinski definition) is 5. The molecular formula is C26H24F2N6O. The summed E-state index contributed by atoms with van der Waals surface area (Å²) < 4.78 is 31.3. The second-order valence-electron chi connectivity index (χ2n) is 9.62. The first-order chi connectivity index (χ1) is 17.0. The van der Waals surface area contributed by atoms with Gasteiger partial charge in [0.05, 0.1) is 18.5 Å². The summed E-state index contributed by atoms with van der Waals surface area (Å²) in [6.07, 6.45) is 4.60. The third-order valence-electron chi connectivity index (χ3n) is 7.37. The van der Waals surface area contributed by atoms with Crippen molar-refractivity contribution >= 4 is 11.5 Å². The lowest BCUT2D eigenvalue weighted by Gasteiger charge is -2.35. The number of aromatic nitrogens is 3. The van der Waals surface area contributed by atoms with E-state index in [1.165, 1.54) is 18.2 Å². The minimum absolute atomic E-state index is 0.0103. The molecule has 35 heavy (non-hydrogen) atoms. The SMILES string of the molecule is [C-]#[N+]c1ccc(-c2nc(N3CCC4CNCC4C3)c(F)c(=O)n2-c2ccc(C3CC3)nc2)cc1F. The predicted octanol–water partition coefficient (Wildman–Crippen LogP) is 4.05. The Hall–Kier alpha value is -3.64. The topological polar surface area (TPSA) is 67.4 Å². The standard InChI is InChI=1S/C26H24F2N6O/c1-29-22-6-4-16(10-20(22)27)24-32-25(33-9-8-17-11-30-12-18(17)14-33)23(28)26(35)34(24)19-5-7-21(31-13-19)15-2-3-15/h4-7,10,13,15,17-18,30H,2-3,8-9,11-12,14H2. The molecule has 7 nitrogen and oxygen atoms in total. The first kappa shape index (κ1) is 21.9. The molecule has 1 saturated carbocycles. The van der Waals surface area contributed by atoms with Crippen LogP contribution in [-0.2, 0) is 0 Å². The number of rotatable bonds is 4. The molecule has 1 N–H and O–H groups in total. The molecule has 2 aliphatic heterocycles. The summed E-state index contributed by atoms with van der Waals surface area (Å²) in [6.45, 7) is 10.1. The van der Waals surface area contributed by atoms with Gasteiger partial charge in [-0.05, 0) is 62.4 Å². The summed E-state index contributed by atoms with van der Waals surface area (Å²) in [4.78, 5) is 27.5. The van der Waals surface area contributed by atoms with E-state index in [0.29, 0.717) is 36.5 Å². The average Bonchev–Trinajstić information content (AvgIpc) is 3.62. The van der Waals surface area contributed by atoms with E-state index in [1.807, 2.05) is 11.0 Å². The molecule has 4 heterocycles. The highest BCUT2D eigenvalue weighted by Gasteiger charge is 2.35. The normalized spacial score (nSPS) is 21.6. The van der Waals surface area contributed by atoms with E-state index in [-0.39, 0.29) is 22.9 Å². The monoisotopic (exact) mass is 474 g/mol. The summed E-state index contributed by atoms with van der Waals surface area (Å²) in [5.74, 6) is -0.197. The molecule has 2 saturated heterocycles. The number of benzene rings is 1. The Labute approximate surface area is 201 Å². The smallest absolute Gasteiger partial charge is 0.296 e. The molecule has 1 aliphatic carbocycles. The Balaban J connectivity index is 1.49. The Morgan fingerprint density at radius 3 is 2.63 bits per heavy atom. The lowest BCUT2D eigenvalue weighted by molar-refractivity contribution is 0.345. The Morgan fingerprint density at radius 1 is 1.09 bits per heavy atom. The van der Waals surface area contributed by atoms with Gasteiger partial charge in [0, 0.05) is 30.3 Å². The molecule has 3 aromatic rings. The number of halogens is 2. The van der Waals surface area contributed by atoms with Crippen LogP contribution in [0.1, 0.15) is 30.9 Å². The van der Waals surface area contributed by atoms with Crippen LogP contribution in [0.3, 0.4) is 0 Å². The fourth-order valence-electron chi connectivity index (χ4n) is 5.25. The number of nitrogens with one attached hydrogen (secondary N) is 1. The third kappa shape index (κ3) is 3.88. The summed E-state index contributed by atoms with van der Waals surface area (Å²) in [5.41, 5.74) is 0.607. The molecule has 3 aliphatic rings. The van der Waals surface area contributed by atoms with Gasteiger partial charge in [0.15, 0.2) is 5.82 Å². The van der Waals surface area contributed by atoms with Gasteiger partial charge in [-0.3, -0.25) is 14.3 Å². The van der Waals surface area contributed by atoms with Crippen LogP contribution >= 0.6 is 0 Å². The predicted molar refractivity (Wildman–Crippen MR) is 128 cm³/mol. The van der Waals surface area contributed by atoms with Crippen LogP contribution in [0.2, 0.25) is 0 Å². The number of piperidine rings is 1. The third-order valence-corrected chi connectivity index (χ3v) is 7.37. The van der Waals surface area contributed by atoms with Crippen molar-refractivity contribution in [3.05, 3.63) is 75.6 Å². The number of nitrogens with zero attached hydrogens (tertiary/aromatic N) is 5. The van der Waals surface area contributed by atoms with Gasteiger partial charge in [0.1, 0.15) is 11.6 Å². The average molecular weight is 475 g/mol. The molecule has 6 rings (SSSR count). The maximum atomic E-state index is 15.6. The lowest BCUT2D eigenvalue weighted by atomic mass is 9.89. The fraction of sp³-hybridized carbons (Fsp3) is 0.385. The molecule has 178 valence electrons. The second-order valence-corrected chi connectivity index (χ2v) is 9.62. The molecule has 1 aromatic carbocycles. The van der Waals surface area contributed by atoms with Crippen LogP contribution in [0.15, 0.2) is 41.3 Å². The highest BCUT2D eigenvalue weighted by molar-refractivity contribution is 5.65. The number of pyridine rings is 1. The van der Waals surface area contributed by atoms with Crippen LogP contribution in [0.25, 0.3) is 21.9 Å². The van der Waals surface area contributed by atoms with E-state index >= 15 is 4.39 Å². The van der Waals surface area contributed by atoms with Crippen LogP contribution < -0.4 is 15.8 Å². The van der Waals surface area contributed by atoms with Crippen molar-refractivity contribution in [3.63, 3.8) is 0 Å². The summed E-state index contributed by atoms with van der Waals surface area (Å²) in [6, 6.07) is 7.63. The van der Waals surface area contributed by atoms with Gasteiger partial charge in [-0.1, -0.05) is 12.1 Å². The van der Waals surface area contributed by atoms with E-state index < -0.39 is 17.2 Å². The first-order valence-electron chi connectivity index (χ1n) is 12.0. The first-order valence-corrected chi connectivity index (χ1v) is 12.0. The fourth-order valence-corrected chi connectivity index (χ4v) is 5.25. The van der Waals surface area contributed by atoms with Crippen molar-refractivity contribution < 1.29 is 8.78 Å². The van der Waals surface area contributed by atoms with Crippen molar-refractivity contribution in [2.45, 2.75) is 25.2 Å². The summed E-state index contributed by atoms with van der Waals surface area (Å²) >= 11 is 0. The van der Waals surface area contributed by atoms with Gasteiger partial charge in [-0.15, -0.1) is 0 Å². The van der Waals surface area contributed by atoms with Gasteiger partial charge in [-0.2, -0.15) is 4.39 Å². The molecular weight excluding hydrogens is 450 g/mol. The highest BCUT2D eigenvalue weighted by atomic mass is 19.1. The Bertz CT molecular complexity index is 1390. The molecule has 0 radical (unpaired) electrons. The van der Waals surface area contributed by atoms with Gasteiger partial charge in [0.2, 0.25) is 11.5 Å². The van der Waals surface area contributed by atoms with Crippen molar-refractivity contribution in [1.82, 2.24) is 19.9 Å². The molecule has 2 aromatic heterocycles. The quantitative estimate of drug-likeness (QED) is 0.578. The van der Waals surface area contributed by atoms with Crippen LogP contribution in [0.4, 0.5) is 20.3 Å².